The predicted molar refractivity (Wildman–Crippen MR) is 122 cm³/mol. The van der Waals surface area contributed by atoms with Crippen molar-refractivity contribution in [1.29, 1.82) is 0 Å². The van der Waals surface area contributed by atoms with Gasteiger partial charge in [0.1, 0.15) is 29.4 Å². The first-order chi connectivity index (χ1) is 14.4. The van der Waals surface area contributed by atoms with Gasteiger partial charge in [-0.1, -0.05) is 41.4 Å². The van der Waals surface area contributed by atoms with Crippen LogP contribution in [0.2, 0.25) is 10.0 Å². The molecule has 1 heterocycles. The molecule has 3 aromatic carbocycles. The molecule has 0 amide bonds. The molecule has 4 nitrogen and oxygen atoms in total. The van der Waals surface area contributed by atoms with Gasteiger partial charge in [0.25, 0.3) is 0 Å². The highest BCUT2D eigenvalue weighted by molar-refractivity contribution is 9.10. The Labute approximate surface area is 191 Å². The Balaban J connectivity index is 1.61. The van der Waals surface area contributed by atoms with E-state index < -0.39 is 0 Å². The van der Waals surface area contributed by atoms with Gasteiger partial charge in [0.15, 0.2) is 0 Å². The van der Waals surface area contributed by atoms with Gasteiger partial charge in [-0.25, -0.2) is 0 Å². The van der Waals surface area contributed by atoms with Crippen LogP contribution >= 0.6 is 39.1 Å². The summed E-state index contributed by atoms with van der Waals surface area (Å²) in [5.41, 5.74) is 1.04. The lowest BCUT2D eigenvalue weighted by molar-refractivity contribution is 0.306. The lowest BCUT2D eigenvalue weighted by Crippen LogP contribution is -2.07. The number of ether oxygens (including phenoxy) is 2. The summed E-state index contributed by atoms with van der Waals surface area (Å²) < 4.78 is 18.2. The molecule has 0 atom stereocenters. The zero-order valence-electron chi connectivity index (χ0n) is 15.7. The molecule has 30 heavy (non-hydrogen) atoms. The van der Waals surface area contributed by atoms with Crippen molar-refractivity contribution in [2.45, 2.75) is 13.5 Å². The first kappa shape index (κ1) is 20.8. The van der Waals surface area contributed by atoms with E-state index in [1.54, 1.807) is 43.3 Å². The average Bonchev–Trinajstić information content (AvgIpc) is 2.73. The molecule has 0 radical (unpaired) electrons. The molecule has 0 saturated carbocycles. The van der Waals surface area contributed by atoms with E-state index >= 15 is 0 Å². The van der Waals surface area contributed by atoms with Crippen LogP contribution in [0.25, 0.3) is 11.0 Å². The van der Waals surface area contributed by atoms with Crippen LogP contribution in [-0.2, 0) is 6.61 Å². The molecule has 0 aliphatic rings. The third-order valence-electron chi connectivity index (χ3n) is 4.42. The topological polar surface area (TPSA) is 48.7 Å². The number of rotatable bonds is 5. The Morgan fingerprint density at radius 2 is 1.80 bits per heavy atom. The van der Waals surface area contributed by atoms with E-state index in [0.717, 1.165) is 10.0 Å². The number of hydrogen-bond donors (Lipinski definition) is 0. The molecule has 0 bridgehead atoms. The van der Waals surface area contributed by atoms with Gasteiger partial charge in [0.2, 0.25) is 11.2 Å². The summed E-state index contributed by atoms with van der Waals surface area (Å²) in [5, 5.41) is 1.36. The minimum Gasteiger partial charge on any atom is -0.489 e. The number of hydrogen-bond acceptors (Lipinski definition) is 4. The Morgan fingerprint density at radius 1 is 1.00 bits per heavy atom. The SMILES string of the molecule is Cc1oc2cc(OCc3ccc(Cl)c(Cl)c3)ccc2c(=O)c1Oc1ccccc1Br. The summed E-state index contributed by atoms with van der Waals surface area (Å²) >= 11 is 15.4. The van der Waals surface area contributed by atoms with Gasteiger partial charge < -0.3 is 13.9 Å². The quantitative estimate of drug-likeness (QED) is 0.281. The molecule has 0 saturated heterocycles. The van der Waals surface area contributed by atoms with Crippen molar-refractivity contribution in [3.63, 3.8) is 0 Å². The zero-order chi connectivity index (χ0) is 21.3. The number of aryl methyl sites for hydroxylation is 1. The van der Waals surface area contributed by atoms with E-state index in [0.29, 0.717) is 44.9 Å². The highest BCUT2D eigenvalue weighted by atomic mass is 79.9. The lowest BCUT2D eigenvalue weighted by atomic mass is 10.2. The van der Waals surface area contributed by atoms with Crippen LogP contribution in [-0.4, -0.2) is 0 Å². The molecular formula is C23H15BrCl2O4. The van der Waals surface area contributed by atoms with Crippen LogP contribution in [0.3, 0.4) is 0 Å². The van der Waals surface area contributed by atoms with Crippen LogP contribution in [0, 0.1) is 6.92 Å². The third kappa shape index (κ3) is 4.33. The number of para-hydroxylation sites is 1. The second kappa shape index (κ2) is 8.72. The Kier molecular flexibility index (Phi) is 6.04. The van der Waals surface area contributed by atoms with Crippen molar-refractivity contribution < 1.29 is 13.9 Å². The molecule has 0 unspecified atom stereocenters. The van der Waals surface area contributed by atoms with Gasteiger partial charge in [-0.05, 0) is 64.8 Å². The minimum absolute atomic E-state index is 0.152. The smallest absolute Gasteiger partial charge is 0.235 e. The van der Waals surface area contributed by atoms with Crippen molar-refractivity contribution in [1.82, 2.24) is 0 Å². The van der Waals surface area contributed by atoms with Crippen molar-refractivity contribution >= 4 is 50.1 Å². The van der Waals surface area contributed by atoms with E-state index in [1.807, 2.05) is 24.3 Å². The molecule has 4 aromatic rings. The summed E-state index contributed by atoms with van der Waals surface area (Å²) in [6.45, 7) is 1.99. The van der Waals surface area contributed by atoms with Gasteiger partial charge in [0.05, 0.1) is 19.9 Å². The van der Waals surface area contributed by atoms with Crippen molar-refractivity contribution in [2.75, 3.05) is 0 Å². The second-order valence-electron chi connectivity index (χ2n) is 6.54. The first-order valence-electron chi connectivity index (χ1n) is 8.99. The number of fused-ring (bicyclic) bond motifs is 1. The molecule has 0 fully saturated rings. The summed E-state index contributed by atoms with van der Waals surface area (Å²) in [7, 11) is 0. The fourth-order valence-corrected chi connectivity index (χ4v) is 3.60. The van der Waals surface area contributed by atoms with Gasteiger partial charge in [-0.15, -0.1) is 0 Å². The minimum atomic E-state index is -0.250. The highest BCUT2D eigenvalue weighted by Crippen LogP contribution is 2.31. The van der Waals surface area contributed by atoms with Crippen LogP contribution in [0.4, 0.5) is 0 Å². The summed E-state index contributed by atoms with van der Waals surface area (Å²) in [4.78, 5) is 13.0. The summed E-state index contributed by atoms with van der Waals surface area (Å²) in [5.74, 6) is 1.63. The standard InChI is InChI=1S/C23H15BrCl2O4/c1-13-23(30-20-5-3-2-4-17(20)24)22(27)16-8-7-15(11-21(16)29-13)28-12-14-6-9-18(25)19(26)10-14/h2-11H,12H2,1H3. The molecule has 0 aliphatic carbocycles. The van der Waals surface area contributed by atoms with Crippen molar-refractivity contribution in [3.8, 4) is 17.2 Å². The van der Waals surface area contributed by atoms with Crippen molar-refractivity contribution in [2.24, 2.45) is 0 Å². The molecule has 0 spiro atoms. The van der Waals surface area contributed by atoms with Gasteiger partial charge in [-0.2, -0.15) is 0 Å². The fourth-order valence-electron chi connectivity index (χ4n) is 2.91. The monoisotopic (exact) mass is 504 g/mol. The lowest BCUT2D eigenvalue weighted by Gasteiger charge is -2.11. The second-order valence-corrected chi connectivity index (χ2v) is 8.21. The summed E-state index contributed by atoms with van der Waals surface area (Å²) in [6.07, 6.45) is 0. The highest BCUT2D eigenvalue weighted by Gasteiger charge is 2.15. The van der Waals surface area contributed by atoms with E-state index in [-0.39, 0.29) is 11.2 Å². The van der Waals surface area contributed by atoms with Gasteiger partial charge >= 0.3 is 0 Å². The summed E-state index contributed by atoms with van der Waals surface area (Å²) in [6, 6.07) is 17.7. The van der Waals surface area contributed by atoms with E-state index in [9.17, 15) is 4.79 Å². The maximum atomic E-state index is 13.0. The largest absolute Gasteiger partial charge is 0.489 e. The predicted octanol–water partition coefficient (Wildman–Crippen LogP) is 7.54. The maximum Gasteiger partial charge on any atom is 0.235 e. The zero-order valence-corrected chi connectivity index (χ0v) is 18.8. The van der Waals surface area contributed by atoms with E-state index in [1.165, 1.54) is 0 Å². The van der Waals surface area contributed by atoms with Gasteiger partial charge in [0, 0.05) is 6.07 Å². The Morgan fingerprint density at radius 3 is 2.57 bits per heavy atom. The molecular weight excluding hydrogens is 491 g/mol. The molecule has 152 valence electrons. The molecule has 0 aliphatic heterocycles. The van der Waals surface area contributed by atoms with Crippen LogP contribution in [0.1, 0.15) is 11.3 Å². The number of benzene rings is 3. The van der Waals surface area contributed by atoms with Crippen molar-refractivity contribution in [3.05, 3.63) is 96.7 Å². The van der Waals surface area contributed by atoms with E-state index in [2.05, 4.69) is 15.9 Å². The normalized spacial score (nSPS) is 10.9. The van der Waals surface area contributed by atoms with E-state index in [4.69, 9.17) is 37.1 Å². The van der Waals surface area contributed by atoms with Crippen LogP contribution < -0.4 is 14.9 Å². The first-order valence-corrected chi connectivity index (χ1v) is 10.5. The fraction of sp³-hybridized carbons (Fsp3) is 0.0870. The molecule has 1 aromatic heterocycles. The molecule has 0 N–H and O–H groups in total. The third-order valence-corrected chi connectivity index (χ3v) is 5.82. The van der Waals surface area contributed by atoms with Gasteiger partial charge in [-0.3, -0.25) is 4.79 Å². The van der Waals surface area contributed by atoms with Crippen LogP contribution in [0.15, 0.2) is 74.3 Å². The Hall–Kier alpha value is -2.47. The van der Waals surface area contributed by atoms with Crippen LogP contribution in [0.5, 0.6) is 17.2 Å². The molecule has 7 heteroatoms. The maximum absolute atomic E-state index is 13.0. The average molecular weight is 506 g/mol. The Bertz CT molecular complexity index is 1300. The molecule has 4 rings (SSSR count). The number of halogens is 3.